The average molecular weight is 356 g/mol. The van der Waals surface area contributed by atoms with Gasteiger partial charge >= 0.3 is 5.97 Å². The van der Waals surface area contributed by atoms with E-state index in [-0.39, 0.29) is 22.8 Å². The third kappa shape index (κ3) is 3.38. The maximum Gasteiger partial charge on any atom is 0.341 e. The van der Waals surface area contributed by atoms with Crippen molar-refractivity contribution in [3.8, 4) is 5.82 Å². The highest BCUT2D eigenvalue weighted by molar-refractivity contribution is 6.06. The fourth-order valence-corrected chi connectivity index (χ4v) is 2.09. The minimum Gasteiger partial charge on any atom is -0.465 e. The van der Waals surface area contributed by atoms with E-state index in [2.05, 4.69) is 30.2 Å². The highest BCUT2D eigenvalue weighted by Gasteiger charge is 2.20. The molecule has 0 bridgehead atoms. The lowest BCUT2D eigenvalue weighted by Crippen LogP contribution is -2.19. The van der Waals surface area contributed by atoms with Crippen LogP contribution in [0.15, 0.2) is 36.9 Å². The van der Waals surface area contributed by atoms with Crippen LogP contribution in [0.1, 0.15) is 26.5 Å². The van der Waals surface area contributed by atoms with Crippen molar-refractivity contribution in [3.63, 3.8) is 0 Å². The monoisotopic (exact) mass is 356 g/mol. The van der Waals surface area contributed by atoms with Crippen molar-refractivity contribution in [1.82, 2.24) is 24.7 Å². The molecule has 0 unspecified atom stereocenters. The lowest BCUT2D eigenvalue weighted by molar-refractivity contribution is 0.0601. The van der Waals surface area contributed by atoms with E-state index in [4.69, 9.17) is 0 Å². The summed E-state index contributed by atoms with van der Waals surface area (Å²) in [6.07, 6.45) is 4.80. The van der Waals surface area contributed by atoms with Crippen molar-refractivity contribution >= 4 is 17.7 Å². The van der Waals surface area contributed by atoms with Crippen LogP contribution in [0.2, 0.25) is 0 Å². The Hall–Kier alpha value is -3.69. The SMILES string of the molecule is COC(=O)c1cc(F)c(C)nc1NC(=O)c1ccc(-n2ccnc2)nn1. The molecule has 0 spiro atoms. The van der Waals surface area contributed by atoms with Crippen LogP contribution in [0, 0.1) is 12.7 Å². The molecule has 0 aromatic carbocycles. The van der Waals surface area contributed by atoms with Gasteiger partial charge in [0, 0.05) is 12.4 Å². The van der Waals surface area contributed by atoms with E-state index in [1.807, 2.05) is 0 Å². The molecule has 0 aliphatic heterocycles. The van der Waals surface area contributed by atoms with Gasteiger partial charge in [0.25, 0.3) is 5.91 Å². The van der Waals surface area contributed by atoms with E-state index in [1.54, 1.807) is 23.0 Å². The van der Waals surface area contributed by atoms with Crippen LogP contribution in [0.3, 0.4) is 0 Å². The van der Waals surface area contributed by atoms with Gasteiger partial charge in [-0.15, -0.1) is 10.2 Å². The third-order valence-electron chi connectivity index (χ3n) is 3.44. The molecule has 26 heavy (non-hydrogen) atoms. The Bertz CT molecular complexity index is 957. The van der Waals surface area contributed by atoms with Gasteiger partial charge in [-0.25, -0.2) is 19.2 Å². The molecule has 9 nitrogen and oxygen atoms in total. The number of ether oxygens (including phenoxy) is 1. The van der Waals surface area contributed by atoms with Crippen LogP contribution in [-0.4, -0.2) is 43.7 Å². The number of carbonyl (C=O) groups excluding carboxylic acids is 2. The van der Waals surface area contributed by atoms with Gasteiger partial charge in [-0.05, 0) is 25.1 Å². The number of nitrogens with one attached hydrogen (secondary N) is 1. The second kappa shape index (κ2) is 7.05. The van der Waals surface area contributed by atoms with Crippen LogP contribution in [0.5, 0.6) is 0 Å². The minimum absolute atomic E-state index is 0.00606. The predicted molar refractivity (Wildman–Crippen MR) is 87.4 cm³/mol. The first-order chi connectivity index (χ1) is 12.5. The Morgan fingerprint density at radius 2 is 2.08 bits per heavy atom. The molecule has 0 fully saturated rings. The first kappa shape index (κ1) is 17.1. The van der Waals surface area contributed by atoms with Crippen molar-refractivity contribution < 1.29 is 18.7 Å². The molecule has 0 aliphatic rings. The number of amides is 1. The smallest absolute Gasteiger partial charge is 0.341 e. The largest absolute Gasteiger partial charge is 0.465 e. The summed E-state index contributed by atoms with van der Waals surface area (Å²) in [6.45, 7) is 1.41. The number of nitrogens with zero attached hydrogens (tertiary/aromatic N) is 5. The summed E-state index contributed by atoms with van der Waals surface area (Å²) in [4.78, 5) is 31.9. The number of hydrogen-bond donors (Lipinski definition) is 1. The maximum atomic E-state index is 13.7. The van der Waals surface area contributed by atoms with E-state index in [1.165, 1.54) is 19.3 Å². The number of halogens is 1. The van der Waals surface area contributed by atoms with E-state index in [0.717, 1.165) is 13.2 Å². The summed E-state index contributed by atoms with van der Waals surface area (Å²) in [7, 11) is 1.14. The Morgan fingerprint density at radius 1 is 1.27 bits per heavy atom. The second-order valence-corrected chi connectivity index (χ2v) is 5.14. The Labute approximate surface area is 146 Å². The fourth-order valence-electron chi connectivity index (χ4n) is 2.09. The van der Waals surface area contributed by atoms with Gasteiger partial charge in [0.2, 0.25) is 0 Å². The number of esters is 1. The van der Waals surface area contributed by atoms with E-state index < -0.39 is 17.7 Å². The fraction of sp³-hybridized carbons (Fsp3) is 0.125. The Morgan fingerprint density at radius 3 is 2.69 bits per heavy atom. The molecule has 10 heteroatoms. The van der Waals surface area contributed by atoms with Gasteiger partial charge in [-0.1, -0.05) is 0 Å². The molecule has 3 rings (SSSR count). The van der Waals surface area contributed by atoms with Crippen LogP contribution >= 0.6 is 0 Å². The van der Waals surface area contributed by atoms with Gasteiger partial charge in [0.15, 0.2) is 11.5 Å². The lowest BCUT2D eigenvalue weighted by atomic mass is 10.2. The normalized spacial score (nSPS) is 10.4. The van der Waals surface area contributed by atoms with Crippen molar-refractivity contribution in [2.75, 3.05) is 12.4 Å². The zero-order valence-electron chi connectivity index (χ0n) is 13.8. The van der Waals surface area contributed by atoms with Crippen LogP contribution in [-0.2, 0) is 4.74 Å². The lowest BCUT2D eigenvalue weighted by Gasteiger charge is -2.10. The Balaban J connectivity index is 1.86. The molecule has 1 N–H and O–H groups in total. The molecule has 3 aromatic rings. The number of rotatable bonds is 4. The topological polar surface area (TPSA) is 112 Å². The number of methoxy groups -OCH3 is 1. The maximum absolute atomic E-state index is 13.7. The van der Waals surface area contributed by atoms with Gasteiger partial charge in [0.05, 0.1) is 12.8 Å². The molecule has 132 valence electrons. The molecule has 3 aromatic heterocycles. The zero-order valence-corrected chi connectivity index (χ0v) is 13.8. The van der Waals surface area contributed by atoms with E-state index in [9.17, 15) is 14.0 Å². The molecule has 0 saturated heterocycles. The molecule has 0 aliphatic carbocycles. The molecular weight excluding hydrogens is 343 g/mol. The van der Waals surface area contributed by atoms with Crippen molar-refractivity contribution in [1.29, 1.82) is 0 Å². The standard InChI is InChI=1S/C16H13FN6O3/c1-9-11(17)7-10(16(25)26-2)14(19-9)20-15(24)12-3-4-13(22-21-12)23-6-5-18-8-23/h3-8H,1-2H3,(H,19,20,24). The first-order valence-corrected chi connectivity index (χ1v) is 7.38. The summed E-state index contributed by atoms with van der Waals surface area (Å²) in [5, 5.41) is 10.2. The van der Waals surface area contributed by atoms with E-state index in [0.29, 0.717) is 5.82 Å². The van der Waals surface area contributed by atoms with Crippen molar-refractivity contribution in [2.24, 2.45) is 0 Å². The van der Waals surface area contributed by atoms with Crippen molar-refractivity contribution in [3.05, 3.63) is 59.7 Å². The number of pyridine rings is 1. The number of anilines is 1. The van der Waals surface area contributed by atoms with Gasteiger partial charge in [-0.3, -0.25) is 9.36 Å². The molecule has 3 heterocycles. The minimum atomic E-state index is -0.826. The van der Waals surface area contributed by atoms with E-state index >= 15 is 0 Å². The number of aryl methyl sites for hydroxylation is 1. The molecule has 0 radical (unpaired) electrons. The quantitative estimate of drug-likeness (QED) is 0.706. The summed E-state index contributed by atoms with van der Waals surface area (Å²) in [5.74, 6) is -1.81. The second-order valence-electron chi connectivity index (χ2n) is 5.14. The summed E-state index contributed by atoms with van der Waals surface area (Å²) < 4.78 is 19.9. The molecule has 1 amide bonds. The summed E-state index contributed by atoms with van der Waals surface area (Å²) >= 11 is 0. The first-order valence-electron chi connectivity index (χ1n) is 7.38. The Kier molecular flexibility index (Phi) is 4.65. The summed E-state index contributed by atoms with van der Waals surface area (Å²) in [5.41, 5.74) is -0.185. The van der Waals surface area contributed by atoms with Crippen LogP contribution in [0.4, 0.5) is 10.2 Å². The zero-order chi connectivity index (χ0) is 18.7. The van der Waals surface area contributed by atoms with Gasteiger partial charge in [0.1, 0.15) is 23.5 Å². The molecule has 0 atom stereocenters. The predicted octanol–water partition coefficient (Wildman–Crippen LogP) is 1.54. The summed E-state index contributed by atoms with van der Waals surface area (Å²) in [6, 6.07) is 3.98. The number of carbonyl (C=O) groups is 2. The van der Waals surface area contributed by atoms with Gasteiger partial charge < -0.3 is 10.1 Å². The van der Waals surface area contributed by atoms with Crippen molar-refractivity contribution in [2.45, 2.75) is 6.92 Å². The molecular formula is C16H13FN6O3. The number of imidazole rings is 1. The molecule has 0 saturated carbocycles. The van der Waals surface area contributed by atoms with Crippen LogP contribution < -0.4 is 5.32 Å². The third-order valence-corrected chi connectivity index (χ3v) is 3.44. The van der Waals surface area contributed by atoms with Gasteiger partial charge in [-0.2, -0.15) is 0 Å². The highest BCUT2D eigenvalue weighted by atomic mass is 19.1. The van der Waals surface area contributed by atoms with Crippen LogP contribution in [0.25, 0.3) is 5.82 Å². The number of hydrogen-bond acceptors (Lipinski definition) is 7. The number of aromatic nitrogens is 5. The highest BCUT2D eigenvalue weighted by Crippen LogP contribution is 2.18. The average Bonchev–Trinajstić information content (AvgIpc) is 3.18.